The van der Waals surface area contributed by atoms with Crippen molar-refractivity contribution in [3.05, 3.63) is 71.8 Å². The molecule has 0 aromatic heterocycles. The van der Waals surface area contributed by atoms with Crippen LogP contribution in [0.2, 0.25) is 0 Å². The van der Waals surface area contributed by atoms with Crippen molar-refractivity contribution in [1.82, 2.24) is 5.32 Å². The first kappa shape index (κ1) is 15.7. The van der Waals surface area contributed by atoms with Gasteiger partial charge in [0, 0.05) is 6.04 Å². The Labute approximate surface area is 126 Å². The van der Waals surface area contributed by atoms with Crippen LogP contribution in [0.3, 0.4) is 0 Å². The van der Waals surface area contributed by atoms with Gasteiger partial charge >= 0.3 is 0 Å². The zero-order valence-corrected chi connectivity index (χ0v) is 12.3. The molecule has 3 heteroatoms. The highest BCUT2D eigenvalue weighted by Gasteiger charge is 2.21. The molecule has 0 aliphatic heterocycles. The molecule has 0 aliphatic carbocycles. The van der Waals surface area contributed by atoms with Crippen LogP contribution in [-0.4, -0.2) is 29.0 Å². The first-order valence-electron chi connectivity index (χ1n) is 7.34. The van der Waals surface area contributed by atoms with Gasteiger partial charge in [0.25, 0.3) is 0 Å². The number of benzene rings is 2. The number of aliphatic hydroxyl groups is 2. The highest BCUT2D eigenvalue weighted by molar-refractivity contribution is 5.19. The summed E-state index contributed by atoms with van der Waals surface area (Å²) in [6.07, 6.45) is -0.0934. The van der Waals surface area contributed by atoms with Gasteiger partial charge in [0.15, 0.2) is 0 Å². The van der Waals surface area contributed by atoms with E-state index in [4.69, 9.17) is 0 Å². The molecule has 3 N–H and O–H groups in total. The van der Waals surface area contributed by atoms with Crippen molar-refractivity contribution in [2.24, 2.45) is 0 Å². The topological polar surface area (TPSA) is 52.5 Å². The maximum Gasteiger partial charge on any atom is 0.0756 e. The van der Waals surface area contributed by atoms with Gasteiger partial charge in [-0.3, -0.25) is 0 Å². The molecule has 0 spiro atoms. The summed E-state index contributed by atoms with van der Waals surface area (Å²) in [5.74, 6) is 0. The van der Waals surface area contributed by atoms with Crippen molar-refractivity contribution in [2.45, 2.75) is 31.5 Å². The van der Waals surface area contributed by atoms with Crippen LogP contribution >= 0.6 is 0 Å². The van der Waals surface area contributed by atoms with Crippen LogP contribution in [0.4, 0.5) is 0 Å². The predicted octanol–water partition coefficient (Wildman–Crippen LogP) is 2.30. The molecular weight excluding hydrogens is 262 g/mol. The summed E-state index contributed by atoms with van der Waals surface area (Å²) in [5.41, 5.74) is 2.21. The van der Waals surface area contributed by atoms with Gasteiger partial charge in [-0.2, -0.15) is 0 Å². The predicted molar refractivity (Wildman–Crippen MR) is 85.0 cm³/mol. The quantitative estimate of drug-likeness (QED) is 0.731. The van der Waals surface area contributed by atoms with Crippen LogP contribution in [-0.2, 0) is 6.42 Å². The van der Waals surface area contributed by atoms with Crippen LogP contribution in [0.15, 0.2) is 60.7 Å². The van der Waals surface area contributed by atoms with Gasteiger partial charge in [-0.25, -0.2) is 0 Å². The fourth-order valence-electron chi connectivity index (χ4n) is 2.44. The van der Waals surface area contributed by atoms with Crippen LogP contribution in [0.25, 0.3) is 0 Å². The molecule has 0 saturated heterocycles. The van der Waals surface area contributed by atoms with Gasteiger partial charge in [0.1, 0.15) is 0 Å². The molecule has 112 valence electrons. The lowest BCUT2D eigenvalue weighted by atomic mass is 10.0. The van der Waals surface area contributed by atoms with E-state index in [-0.39, 0.29) is 18.7 Å². The van der Waals surface area contributed by atoms with E-state index in [1.165, 1.54) is 0 Å². The fraction of sp³-hybridized carbons (Fsp3) is 0.333. The molecule has 2 aromatic rings. The van der Waals surface area contributed by atoms with E-state index in [0.717, 1.165) is 11.1 Å². The third-order valence-electron chi connectivity index (χ3n) is 3.71. The Balaban J connectivity index is 1.96. The SMILES string of the molecule is C[C@@H](NC(CO)C(O)Cc1ccccc1)c1ccccc1. The second-order valence-corrected chi connectivity index (χ2v) is 5.35. The summed E-state index contributed by atoms with van der Waals surface area (Å²) in [6.45, 7) is 1.94. The van der Waals surface area contributed by atoms with E-state index in [0.29, 0.717) is 6.42 Å². The second kappa shape index (κ2) is 7.93. The maximum atomic E-state index is 10.3. The highest BCUT2D eigenvalue weighted by atomic mass is 16.3. The summed E-state index contributed by atoms with van der Waals surface area (Å²) in [6, 6.07) is 19.6. The van der Waals surface area contributed by atoms with E-state index in [9.17, 15) is 10.2 Å². The number of hydrogen-bond acceptors (Lipinski definition) is 3. The van der Waals surface area contributed by atoms with Gasteiger partial charge < -0.3 is 15.5 Å². The standard InChI is InChI=1S/C18H23NO2/c1-14(16-10-6-3-7-11-16)19-17(13-20)18(21)12-15-8-4-2-5-9-15/h2-11,14,17-21H,12-13H2,1H3/t14-,17?,18?/m1/s1. The fourth-order valence-corrected chi connectivity index (χ4v) is 2.44. The van der Waals surface area contributed by atoms with Gasteiger partial charge in [-0.15, -0.1) is 0 Å². The molecule has 2 rings (SSSR count). The van der Waals surface area contributed by atoms with Crippen LogP contribution in [0.1, 0.15) is 24.1 Å². The number of nitrogens with one attached hydrogen (secondary N) is 1. The van der Waals surface area contributed by atoms with Gasteiger partial charge in [0.05, 0.1) is 18.8 Å². The number of aliphatic hydroxyl groups excluding tert-OH is 2. The molecule has 21 heavy (non-hydrogen) atoms. The van der Waals surface area contributed by atoms with Crippen molar-refractivity contribution < 1.29 is 10.2 Å². The van der Waals surface area contributed by atoms with Crippen LogP contribution < -0.4 is 5.32 Å². The summed E-state index contributed by atoms with van der Waals surface area (Å²) in [4.78, 5) is 0. The molecule has 0 bridgehead atoms. The summed E-state index contributed by atoms with van der Waals surface area (Å²) >= 11 is 0. The van der Waals surface area contributed by atoms with E-state index in [1.54, 1.807) is 0 Å². The molecule has 0 heterocycles. The molecule has 0 fully saturated rings. The molecule has 2 unspecified atom stereocenters. The molecule has 0 saturated carbocycles. The lowest BCUT2D eigenvalue weighted by Gasteiger charge is -2.26. The average molecular weight is 285 g/mol. The van der Waals surface area contributed by atoms with Crippen LogP contribution in [0, 0.1) is 0 Å². The third-order valence-corrected chi connectivity index (χ3v) is 3.71. The highest BCUT2D eigenvalue weighted by Crippen LogP contribution is 2.14. The molecule has 0 amide bonds. The third kappa shape index (κ3) is 4.67. The summed E-state index contributed by atoms with van der Waals surface area (Å²) in [5, 5.41) is 23.2. The monoisotopic (exact) mass is 285 g/mol. The minimum atomic E-state index is -0.622. The van der Waals surface area contributed by atoms with E-state index in [1.807, 2.05) is 67.6 Å². The van der Waals surface area contributed by atoms with Crippen molar-refractivity contribution in [3.63, 3.8) is 0 Å². The van der Waals surface area contributed by atoms with Crippen molar-refractivity contribution in [2.75, 3.05) is 6.61 Å². The van der Waals surface area contributed by atoms with Gasteiger partial charge in [-0.1, -0.05) is 60.7 Å². The Kier molecular flexibility index (Phi) is 5.93. The summed E-state index contributed by atoms with van der Waals surface area (Å²) in [7, 11) is 0. The van der Waals surface area contributed by atoms with E-state index >= 15 is 0 Å². The van der Waals surface area contributed by atoms with Crippen molar-refractivity contribution in [3.8, 4) is 0 Å². The number of hydrogen-bond donors (Lipinski definition) is 3. The zero-order chi connectivity index (χ0) is 15.1. The Hall–Kier alpha value is -1.68. The van der Waals surface area contributed by atoms with E-state index < -0.39 is 6.10 Å². The minimum Gasteiger partial charge on any atom is -0.395 e. The smallest absolute Gasteiger partial charge is 0.0756 e. The first-order chi connectivity index (χ1) is 10.2. The van der Waals surface area contributed by atoms with Crippen molar-refractivity contribution >= 4 is 0 Å². The molecule has 0 radical (unpaired) electrons. The number of rotatable bonds is 7. The summed E-state index contributed by atoms with van der Waals surface area (Å²) < 4.78 is 0. The lowest BCUT2D eigenvalue weighted by Crippen LogP contribution is -2.44. The first-order valence-corrected chi connectivity index (χ1v) is 7.34. The molecule has 0 aliphatic rings. The minimum absolute atomic E-state index is 0.0776. The van der Waals surface area contributed by atoms with Gasteiger partial charge in [0.2, 0.25) is 0 Å². The van der Waals surface area contributed by atoms with Crippen LogP contribution in [0.5, 0.6) is 0 Å². The lowest BCUT2D eigenvalue weighted by molar-refractivity contribution is 0.0847. The molecule has 3 atom stereocenters. The Morgan fingerprint density at radius 2 is 1.52 bits per heavy atom. The molecule has 3 nitrogen and oxygen atoms in total. The normalized spacial score (nSPS) is 15.4. The average Bonchev–Trinajstić information content (AvgIpc) is 2.54. The largest absolute Gasteiger partial charge is 0.395 e. The molecule has 2 aromatic carbocycles. The zero-order valence-electron chi connectivity index (χ0n) is 12.3. The maximum absolute atomic E-state index is 10.3. The molecular formula is C18H23NO2. The second-order valence-electron chi connectivity index (χ2n) is 5.35. The van der Waals surface area contributed by atoms with E-state index in [2.05, 4.69) is 5.32 Å². The Morgan fingerprint density at radius 1 is 0.952 bits per heavy atom. The van der Waals surface area contributed by atoms with Gasteiger partial charge in [-0.05, 0) is 24.5 Å². The Bertz CT molecular complexity index is 515. The van der Waals surface area contributed by atoms with Crippen molar-refractivity contribution in [1.29, 1.82) is 0 Å². The Morgan fingerprint density at radius 3 is 2.10 bits per heavy atom.